The molecule has 1 N–H and O–H groups in total. The largest absolute Gasteiger partial charge is 0.355 e. The smallest absolute Gasteiger partial charge is 0.348 e. The number of aromatic nitrogens is 2. The molecule has 0 aliphatic heterocycles. The summed E-state index contributed by atoms with van der Waals surface area (Å²) in [4.78, 5) is 30.8. The number of carbonyl (C=O) groups is 1. The van der Waals surface area contributed by atoms with Gasteiger partial charge >= 0.3 is 5.69 Å². The maximum Gasteiger partial charge on any atom is 0.348 e. The second-order valence-corrected chi connectivity index (χ2v) is 10.6. The van der Waals surface area contributed by atoms with E-state index in [2.05, 4.69) is 10.3 Å². The van der Waals surface area contributed by atoms with Crippen molar-refractivity contribution in [1.29, 1.82) is 0 Å². The monoisotopic (exact) mass is 473 g/mol. The van der Waals surface area contributed by atoms with Gasteiger partial charge in [0.25, 0.3) is 0 Å². The number of nitrogens with one attached hydrogen (secondary N) is 1. The topological polar surface area (TPSA) is 98.1 Å². The first-order chi connectivity index (χ1) is 16.2. The van der Waals surface area contributed by atoms with E-state index < -0.39 is 9.84 Å². The lowest BCUT2D eigenvalue weighted by Gasteiger charge is -2.24. The third-order valence-electron chi connectivity index (χ3n) is 6.18. The van der Waals surface area contributed by atoms with Crippen LogP contribution in [0.3, 0.4) is 0 Å². The van der Waals surface area contributed by atoms with Crippen molar-refractivity contribution in [2.45, 2.75) is 25.2 Å². The summed E-state index contributed by atoms with van der Waals surface area (Å²) in [6.07, 6.45) is 0.546. The van der Waals surface area contributed by atoms with Gasteiger partial charge in [-0.05, 0) is 49.2 Å². The van der Waals surface area contributed by atoms with Crippen LogP contribution in [0.25, 0.3) is 22.2 Å². The van der Waals surface area contributed by atoms with Gasteiger partial charge < -0.3 is 5.32 Å². The zero-order valence-corrected chi connectivity index (χ0v) is 19.9. The van der Waals surface area contributed by atoms with E-state index in [1.165, 1.54) is 4.57 Å². The molecule has 1 aliphatic rings. The van der Waals surface area contributed by atoms with Gasteiger partial charge in [0.15, 0.2) is 15.6 Å². The minimum absolute atomic E-state index is 0.0935. The molecule has 34 heavy (non-hydrogen) atoms. The van der Waals surface area contributed by atoms with Crippen LogP contribution in [-0.2, 0) is 16.9 Å². The Kier molecular flexibility index (Phi) is 5.13. The van der Waals surface area contributed by atoms with Crippen molar-refractivity contribution < 1.29 is 13.2 Å². The van der Waals surface area contributed by atoms with E-state index in [9.17, 15) is 18.0 Å². The number of fused-ring (bicyclic) bond motifs is 2. The molecule has 3 aromatic carbocycles. The van der Waals surface area contributed by atoms with E-state index in [-0.39, 0.29) is 22.1 Å². The fraction of sp³-hybridized carbons (Fsp3) is 0.192. The first-order valence-electron chi connectivity index (χ1n) is 11.0. The van der Waals surface area contributed by atoms with Gasteiger partial charge in [0.2, 0.25) is 0 Å². The van der Waals surface area contributed by atoms with Gasteiger partial charge in [-0.3, -0.25) is 9.36 Å². The Bertz CT molecular complexity index is 1650. The molecule has 0 spiro atoms. The van der Waals surface area contributed by atoms with Crippen LogP contribution >= 0.6 is 0 Å². The Labute approximate surface area is 197 Å². The fourth-order valence-electron chi connectivity index (χ4n) is 4.63. The zero-order chi connectivity index (χ0) is 24.2. The number of rotatable bonds is 5. The SMILES string of the molecule is CCCS(=O)(=O)c1ccc(Nc2cc(C)c3c4c(nc(=O)n3C)-c3ccccc3C(=O)c24)cc1. The summed E-state index contributed by atoms with van der Waals surface area (Å²) in [5.41, 5.74) is 4.40. The first-order valence-corrected chi connectivity index (χ1v) is 12.7. The lowest BCUT2D eigenvalue weighted by molar-refractivity contribution is 0.104. The van der Waals surface area contributed by atoms with Crippen molar-refractivity contribution in [3.8, 4) is 11.3 Å². The first kappa shape index (κ1) is 22.0. The molecule has 4 aromatic rings. The van der Waals surface area contributed by atoms with E-state index >= 15 is 0 Å². The quantitative estimate of drug-likeness (QED) is 0.407. The Balaban J connectivity index is 1.71. The van der Waals surface area contributed by atoms with E-state index in [0.29, 0.717) is 51.1 Å². The molecule has 7 nitrogen and oxygen atoms in total. The number of hydrogen-bond acceptors (Lipinski definition) is 6. The number of benzene rings is 3. The van der Waals surface area contributed by atoms with Gasteiger partial charge in [0.1, 0.15) is 0 Å². The predicted octanol–water partition coefficient (Wildman–Crippen LogP) is 4.38. The number of carbonyl (C=O) groups excluding carboxylic acids is 1. The Morgan fingerprint density at radius 3 is 2.35 bits per heavy atom. The van der Waals surface area contributed by atoms with Crippen molar-refractivity contribution in [2.75, 3.05) is 11.1 Å². The molecule has 5 rings (SSSR count). The van der Waals surface area contributed by atoms with E-state index in [1.54, 1.807) is 43.4 Å². The van der Waals surface area contributed by atoms with E-state index in [0.717, 1.165) is 5.56 Å². The third-order valence-corrected chi connectivity index (χ3v) is 8.11. The summed E-state index contributed by atoms with van der Waals surface area (Å²) >= 11 is 0. The fourth-order valence-corrected chi connectivity index (χ4v) is 5.96. The van der Waals surface area contributed by atoms with Gasteiger partial charge in [-0.15, -0.1) is 0 Å². The molecule has 1 aliphatic carbocycles. The number of ketones is 1. The molecule has 0 amide bonds. The summed E-state index contributed by atoms with van der Waals surface area (Å²) in [6, 6.07) is 15.5. The van der Waals surface area contributed by atoms with Crippen molar-refractivity contribution in [3.63, 3.8) is 0 Å². The van der Waals surface area contributed by atoms with Crippen LogP contribution in [0.15, 0.2) is 64.3 Å². The van der Waals surface area contributed by atoms with Gasteiger partial charge in [0.05, 0.1) is 33.1 Å². The number of hydrogen-bond donors (Lipinski definition) is 1. The second-order valence-electron chi connectivity index (χ2n) is 8.48. The number of anilines is 2. The molecule has 0 saturated carbocycles. The second kappa shape index (κ2) is 7.92. The molecule has 0 fully saturated rings. The van der Waals surface area contributed by atoms with Crippen LogP contribution in [-0.4, -0.2) is 29.5 Å². The van der Waals surface area contributed by atoms with Crippen LogP contribution in [0.5, 0.6) is 0 Å². The van der Waals surface area contributed by atoms with Crippen LogP contribution in [0, 0.1) is 6.92 Å². The molecule has 1 heterocycles. The third kappa shape index (κ3) is 3.33. The van der Waals surface area contributed by atoms with E-state index in [1.807, 2.05) is 32.0 Å². The van der Waals surface area contributed by atoms with Crippen LogP contribution in [0.2, 0.25) is 0 Å². The normalized spacial score (nSPS) is 12.6. The Hall–Kier alpha value is -3.78. The van der Waals surface area contributed by atoms with Gasteiger partial charge in [0, 0.05) is 29.2 Å². The molecule has 0 radical (unpaired) electrons. The molecule has 1 aromatic heterocycles. The molecule has 8 heteroatoms. The summed E-state index contributed by atoms with van der Waals surface area (Å²) in [6.45, 7) is 3.72. The lowest BCUT2D eigenvalue weighted by Crippen LogP contribution is -2.25. The molecular formula is C26H23N3O4S. The molecule has 0 atom stereocenters. The highest BCUT2D eigenvalue weighted by Gasteiger charge is 2.31. The molecule has 0 bridgehead atoms. The predicted molar refractivity (Wildman–Crippen MR) is 133 cm³/mol. The van der Waals surface area contributed by atoms with Crippen molar-refractivity contribution in [2.24, 2.45) is 7.05 Å². The molecule has 0 saturated heterocycles. The van der Waals surface area contributed by atoms with Crippen LogP contribution in [0.4, 0.5) is 11.4 Å². The minimum Gasteiger partial charge on any atom is -0.355 e. The standard InChI is InChI=1S/C26H23N3O4S/c1-4-13-34(32,33)17-11-9-16(10-12-17)27-20-14-15(2)24-22-21(20)25(30)19-8-6-5-7-18(19)23(22)28-26(31)29(24)3/h5-12,14,27H,4,13H2,1-3H3. The summed E-state index contributed by atoms with van der Waals surface area (Å²) in [5.74, 6) is -0.0610. The number of sulfone groups is 1. The Morgan fingerprint density at radius 1 is 1.00 bits per heavy atom. The van der Waals surface area contributed by atoms with Crippen LogP contribution in [0.1, 0.15) is 34.8 Å². The van der Waals surface area contributed by atoms with Crippen molar-refractivity contribution in [3.05, 3.63) is 81.8 Å². The summed E-state index contributed by atoms with van der Waals surface area (Å²) < 4.78 is 26.2. The van der Waals surface area contributed by atoms with Crippen LogP contribution < -0.4 is 11.0 Å². The van der Waals surface area contributed by atoms with Gasteiger partial charge in [-0.1, -0.05) is 31.2 Å². The van der Waals surface area contributed by atoms with Gasteiger partial charge in [-0.25, -0.2) is 13.2 Å². The average molecular weight is 474 g/mol. The summed E-state index contributed by atoms with van der Waals surface area (Å²) in [5, 5.41) is 3.93. The minimum atomic E-state index is -3.32. The zero-order valence-electron chi connectivity index (χ0n) is 19.0. The molecule has 172 valence electrons. The average Bonchev–Trinajstić information content (AvgIpc) is 2.81. The van der Waals surface area contributed by atoms with Gasteiger partial charge in [-0.2, -0.15) is 4.98 Å². The molecule has 0 unspecified atom stereocenters. The maximum atomic E-state index is 13.6. The maximum absolute atomic E-state index is 13.6. The summed E-state index contributed by atoms with van der Waals surface area (Å²) in [7, 11) is -1.67. The number of nitrogens with zero attached hydrogens (tertiary/aromatic N) is 2. The van der Waals surface area contributed by atoms with Crippen molar-refractivity contribution in [1.82, 2.24) is 9.55 Å². The highest BCUT2D eigenvalue weighted by atomic mass is 32.2. The number of aryl methyl sites for hydroxylation is 2. The highest BCUT2D eigenvalue weighted by Crippen LogP contribution is 2.42. The highest BCUT2D eigenvalue weighted by molar-refractivity contribution is 7.91. The van der Waals surface area contributed by atoms with Crippen molar-refractivity contribution >= 4 is 37.9 Å². The Morgan fingerprint density at radius 2 is 1.68 bits per heavy atom. The molecular weight excluding hydrogens is 450 g/mol. The van der Waals surface area contributed by atoms with E-state index in [4.69, 9.17) is 0 Å². The lowest BCUT2D eigenvalue weighted by atomic mass is 9.84.